The van der Waals surface area contributed by atoms with Crippen molar-refractivity contribution in [1.29, 1.82) is 0 Å². The summed E-state index contributed by atoms with van der Waals surface area (Å²) in [5, 5.41) is 10.3. The van der Waals surface area contributed by atoms with Crippen LogP contribution in [0.3, 0.4) is 0 Å². The third-order valence-corrected chi connectivity index (χ3v) is 4.06. The van der Waals surface area contributed by atoms with Crippen LogP contribution in [0.4, 0.5) is 0 Å². The molecule has 1 unspecified atom stereocenters. The van der Waals surface area contributed by atoms with Crippen LogP contribution in [0.2, 0.25) is 8.67 Å². The SMILES string of the molecule is Cc1cc(C)cc(C(O)c2cc(Cl)sc2Cl)c1. The van der Waals surface area contributed by atoms with Crippen LogP contribution < -0.4 is 0 Å². The maximum atomic E-state index is 10.3. The van der Waals surface area contributed by atoms with Crippen LogP contribution in [0.25, 0.3) is 0 Å². The van der Waals surface area contributed by atoms with Gasteiger partial charge in [-0.15, -0.1) is 11.3 Å². The van der Waals surface area contributed by atoms with Crippen LogP contribution in [0.15, 0.2) is 24.3 Å². The Bertz CT molecular complexity index is 528. The number of hydrogen-bond acceptors (Lipinski definition) is 2. The topological polar surface area (TPSA) is 20.2 Å². The number of aryl methyl sites for hydroxylation is 2. The van der Waals surface area contributed by atoms with Crippen LogP contribution in [-0.2, 0) is 0 Å². The molecule has 1 aromatic heterocycles. The molecule has 2 aromatic rings. The Labute approximate surface area is 115 Å². The molecule has 0 amide bonds. The van der Waals surface area contributed by atoms with Crippen LogP contribution in [-0.4, -0.2) is 5.11 Å². The van der Waals surface area contributed by atoms with Crippen LogP contribution in [0.5, 0.6) is 0 Å². The van der Waals surface area contributed by atoms with Crippen molar-refractivity contribution in [2.24, 2.45) is 0 Å². The summed E-state index contributed by atoms with van der Waals surface area (Å²) in [7, 11) is 0. The zero-order valence-electron chi connectivity index (χ0n) is 9.50. The minimum atomic E-state index is -0.718. The number of hydrogen-bond donors (Lipinski definition) is 1. The van der Waals surface area contributed by atoms with Gasteiger partial charge in [0.15, 0.2) is 0 Å². The van der Waals surface area contributed by atoms with E-state index >= 15 is 0 Å². The van der Waals surface area contributed by atoms with Crippen molar-refractivity contribution in [3.63, 3.8) is 0 Å². The quantitative estimate of drug-likeness (QED) is 0.844. The van der Waals surface area contributed by atoms with Gasteiger partial charge in [-0.25, -0.2) is 0 Å². The van der Waals surface area contributed by atoms with E-state index in [1.807, 2.05) is 26.0 Å². The molecule has 0 spiro atoms. The van der Waals surface area contributed by atoms with E-state index in [0.717, 1.165) is 16.7 Å². The highest BCUT2D eigenvalue weighted by molar-refractivity contribution is 7.20. The Morgan fingerprint density at radius 1 is 1.06 bits per heavy atom. The van der Waals surface area contributed by atoms with Gasteiger partial charge in [0, 0.05) is 5.56 Å². The van der Waals surface area contributed by atoms with Gasteiger partial charge in [0.1, 0.15) is 10.4 Å². The molecular weight excluding hydrogens is 275 g/mol. The fraction of sp³-hybridized carbons (Fsp3) is 0.231. The smallest absolute Gasteiger partial charge is 0.106 e. The monoisotopic (exact) mass is 286 g/mol. The normalized spacial score (nSPS) is 12.8. The van der Waals surface area contributed by atoms with Crippen molar-refractivity contribution >= 4 is 34.5 Å². The molecule has 1 N–H and O–H groups in total. The van der Waals surface area contributed by atoms with Crippen molar-refractivity contribution < 1.29 is 5.11 Å². The minimum Gasteiger partial charge on any atom is -0.384 e. The summed E-state index contributed by atoms with van der Waals surface area (Å²) in [5.41, 5.74) is 3.76. The average molecular weight is 287 g/mol. The van der Waals surface area contributed by atoms with Gasteiger partial charge < -0.3 is 5.11 Å². The van der Waals surface area contributed by atoms with Crippen molar-refractivity contribution in [3.8, 4) is 0 Å². The van der Waals surface area contributed by atoms with Crippen LogP contribution in [0, 0.1) is 13.8 Å². The Balaban J connectivity index is 2.43. The molecule has 1 atom stereocenters. The molecule has 1 aromatic carbocycles. The third-order valence-electron chi connectivity index (χ3n) is 2.54. The summed E-state index contributed by atoms with van der Waals surface area (Å²) in [6, 6.07) is 7.70. The maximum absolute atomic E-state index is 10.3. The molecule has 0 fully saturated rings. The molecule has 1 heterocycles. The van der Waals surface area contributed by atoms with E-state index in [0.29, 0.717) is 14.2 Å². The van der Waals surface area contributed by atoms with Crippen LogP contribution in [0.1, 0.15) is 28.4 Å². The molecule has 0 aliphatic heterocycles. The van der Waals surface area contributed by atoms with Gasteiger partial charge in [0.2, 0.25) is 0 Å². The zero-order valence-corrected chi connectivity index (χ0v) is 11.8. The van der Waals surface area contributed by atoms with Crippen LogP contribution >= 0.6 is 34.5 Å². The van der Waals surface area contributed by atoms with E-state index in [1.54, 1.807) is 6.07 Å². The number of benzene rings is 1. The molecule has 17 heavy (non-hydrogen) atoms. The number of rotatable bonds is 2. The lowest BCUT2D eigenvalue weighted by Gasteiger charge is -2.12. The van der Waals surface area contributed by atoms with E-state index in [9.17, 15) is 5.11 Å². The van der Waals surface area contributed by atoms with Crippen molar-refractivity contribution in [2.45, 2.75) is 20.0 Å². The van der Waals surface area contributed by atoms with Gasteiger partial charge in [0.25, 0.3) is 0 Å². The molecule has 0 aliphatic rings. The highest BCUT2D eigenvalue weighted by Crippen LogP contribution is 2.37. The maximum Gasteiger partial charge on any atom is 0.106 e. The van der Waals surface area contributed by atoms with E-state index in [4.69, 9.17) is 23.2 Å². The van der Waals surface area contributed by atoms with Gasteiger partial charge in [-0.2, -0.15) is 0 Å². The van der Waals surface area contributed by atoms with Gasteiger partial charge >= 0.3 is 0 Å². The van der Waals surface area contributed by atoms with Gasteiger partial charge in [-0.05, 0) is 25.5 Å². The van der Waals surface area contributed by atoms with Crippen molar-refractivity contribution in [1.82, 2.24) is 0 Å². The summed E-state index contributed by atoms with van der Waals surface area (Å²) in [4.78, 5) is 0. The Morgan fingerprint density at radius 2 is 1.65 bits per heavy atom. The van der Waals surface area contributed by atoms with Gasteiger partial charge in [-0.3, -0.25) is 0 Å². The van der Waals surface area contributed by atoms with Crippen molar-refractivity contribution in [3.05, 3.63) is 55.2 Å². The first-order valence-electron chi connectivity index (χ1n) is 5.18. The molecule has 0 saturated carbocycles. The fourth-order valence-electron chi connectivity index (χ4n) is 1.89. The lowest BCUT2D eigenvalue weighted by atomic mass is 10.00. The molecular formula is C13H12Cl2OS. The first kappa shape index (κ1) is 12.9. The summed E-state index contributed by atoms with van der Waals surface area (Å²) in [5.74, 6) is 0. The average Bonchev–Trinajstić information content (AvgIpc) is 2.55. The summed E-state index contributed by atoms with van der Waals surface area (Å²) >= 11 is 13.2. The highest BCUT2D eigenvalue weighted by atomic mass is 35.5. The zero-order chi connectivity index (χ0) is 12.6. The Kier molecular flexibility index (Phi) is 3.79. The van der Waals surface area contributed by atoms with E-state index < -0.39 is 6.10 Å². The summed E-state index contributed by atoms with van der Waals surface area (Å²) in [6.45, 7) is 4.01. The second kappa shape index (κ2) is 4.99. The standard InChI is InChI=1S/C13H12Cl2OS/c1-7-3-8(2)5-9(4-7)12(16)10-6-11(14)17-13(10)15/h3-6,12,16H,1-2H3. The first-order valence-corrected chi connectivity index (χ1v) is 6.75. The van der Waals surface area contributed by atoms with Gasteiger partial charge in [0.05, 0.1) is 4.34 Å². The predicted octanol–water partition coefficient (Wildman–Crippen LogP) is 4.75. The highest BCUT2D eigenvalue weighted by Gasteiger charge is 2.17. The number of halogens is 2. The molecule has 0 bridgehead atoms. The van der Waals surface area contributed by atoms with E-state index in [-0.39, 0.29) is 0 Å². The first-order chi connectivity index (χ1) is 7.97. The molecule has 2 rings (SSSR count). The number of thiophene rings is 1. The largest absolute Gasteiger partial charge is 0.384 e. The molecule has 0 radical (unpaired) electrons. The Hall–Kier alpha value is -0.540. The van der Waals surface area contributed by atoms with E-state index in [1.165, 1.54) is 11.3 Å². The van der Waals surface area contributed by atoms with Gasteiger partial charge in [-0.1, -0.05) is 52.5 Å². The summed E-state index contributed by atoms with van der Waals surface area (Å²) < 4.78 is 1.13. The molecule has 0 saturated heterocycles. The second-order valence-electron chi connectivity index (χ2n) is 4.10. The number of aliphatic hydroxyl groups excluding tert-OH is 1. The lowest BCUT2D eigenvalue weighted by molar-refractivity contribution is 0.221. The second-order valence-corrected chi connectivity index (χ2v) is 6.39. The Morgan fingerprint density at radius 3 is 2.12 bits per heavy atom. The minimum absolute atomic E-state index is 0.543. The predicted molar refractivity (Wildman–Crippen MR) is 74.3 cm³/mol. The molecule has 4 heteroatoms. The molecule has 1 nitrogen and oxygen atoms in total. The molecule has 0 aliphatic carbocycles. The molecule has 90 valence electrons. The van der Waals surface area contributed by atoms with E-state index in [2.05, 4.69) is 6.07 Å². The summed E-state index contributed by atoms with van der Waals surface area (Å²) in [6.07, 6.45) is -0.718. The number of aliphatic hydroxyl groups is 1. The third kappa shape index (κ3) is 2.83. The fourth-order valence-corrected chi connectivity index (χ4v) is 3.41. The lowest BCUT2D eigenvalue weighted by Crippen LogP contribution is -1.99. The van der Waals surface area contributed by atoms with Crippen molar-refractivity contribution in [2.75, 3.05) is 0 Å².